The first-order valence-corrected chi connectivity index (χ1v) is 28.1. The van der Waals surface area contributed by atoms with Crippen LogP contribution in [-0.2, 0) is 28.6 Å². The molecule has 2 amide bonds. The minimum Gasteiger partial charge on any atom is -0.460 e. The van der Waals surface area contributed by atoms with E-state index < -0.39 is 39.1 Å². The third-order valence-corrected chi connectivity index (χ3v) is 17.1. The quantitative estimate of drug-likeness (QED) is 0.0601. The summed E-state index contributed by atoms with van der Waals surface area (Å²) in [5.74, 6) is -0.209. The smallest absolute Gasteiger partial charge is 0.407 e. The standard InChI is InChI=1S/C67H66N2O5S2/c1-48-34-38-54(39-35-48)66(50-22-10-6-11-23-50,51-24-12-7-13-25-51)75-44-42-69(43-45-76-67(52-26-14-8-15-27-52,53-28-16-9-17-29-53)55-40-36-49(2)37-41-55)63(71)61(46-62(70)74-65(3,4)5)68-64(72)73-47-60-58-32-20-18-30-56(58)57-31-19-21-33-59(57)60/h6-41,60-61H,42-47H2,1-5H3,(H,68,72)/t61-/m0/s1. The first kappa shape index (κ1) is 53.5. The van der Waals surface area contributed by atoms with E-state index in [9.17, 15) is 9.59 Å². The van der Waals surface area contributed by atoms with Crippen molar-refractivity contribution in [1.82, 2.24) is 10.2 Å². The normalized spacial score (nSPS) is 12.8. The van der Waals surface area contributed by atoms with E-state index >= 15 is 4.79 Å². The SMILES string of the molecule is Cc1ccc(C(SCCN(CCSC(c2ccccc2)(c2ccccc2)c2ccc(C)cc2)C(=O)[C@H](CC(=O)OC(C)(C)C)NC(=O)OCC2c3ccccc3-c3ccccc32)(c2ccccc2)c2ccccc2)cc1. The van der Waals surface area contributed by atoms with Gasteiger partial charge in [-0.3, -0.25) is 9.59 Å². The maximum atomic E-state index is 15.7. The Kier molecular flexibility index (Phi) is 17.0. The minimum atomic E-state index is -1.30. The van der Waals surface area contributed by atoms with E-state index in [1.54, 1.807) is 44.3 Å². The van der Waals surface area contributed by atoms with Crippen molar-refractivity contribution in [3.63, 3.8) is 0 Å². The van der Waals surface area contributed by atoms with Crippen molar-refractivity contribution in [2.45, 2.75) is 68.1 Å². The number of amides is 2. The number of carbonyl (C=O) groups is 3. The van der Waals surface area contributed by atoms with Crippen LogP contribution in [0, 0.1) is 13.8 Å². The Morgan fingerprint density at radius 1 is 0.500 bits per heavy atom. The lowest BCUT2D eigenvalue weighted by molar-refractivity contribution is -0.157. The highest BCUT2D eigenvalue weighted by atomic mass is 32.2. The number of alkyl carbamates (subject to hydrolysis) is 1. The van der Waals surface area contributed by atoms with Crippen LogP contribution in [0.4, 0.5) is 4.79 Å². The van der Waals surface area contributed by atoms with Gasteiger partial charge in [0.15, 0.2) is 0 Å². The fraction of sp³-hybridized carbons (Fsp3) is 0.239. The van der Waals surface area contributed by atoms with E-state index in [1.165, 1.54) is 0 Å². The molecule has 0 aliphatic heterocycles. The summed E-state index contributed by atoms with van der Waals surface area (Å²) in [4.78, 5) is 45.7. The van der Waals surface area contributed by atoms with Crippen molar-refractivity contribution < 1.29 is 23.9 Å². The van der Waals surface area contributed by atoms with E-state index in [4.69, 9.17) is 9.47 Å². The van der Waals surface area contributed by atoms with Gasteiger partial charge < -0.3 is 19.7 Å². The summed E-state index contributed by atoms with van der Waals surface area (Å²) in [5, 5.41) is 2.90. The molecule has 0 fully saturated rings. The number of rotatable bonds is 20. The molecule has 386 valence electrons. The van der Waals surface area contributed by atoms with E-state index in [0.717, 1.165) is 66.8 Å². The van der Waals surface area contributed by atoms with Crippen LogP contribution in [-0.4, -0.2) is 65.7 Å². The van der Waals surface area contributed by atoms with Crippen LogP contribution >= 0.6 is 23.5 Å². The maximum Gasteiger partial charge on any atom is 0.407 e. The third kappa shape index (κ3) is 12.0. The summed E-state index contributed by atoms with van der Waals surface area (Å²) in [7, 11) is 0. The molecule has 0 unspecified atom stereocenters. The average Bonchev–Trinajstić information content (AvgIpc) is 3.76. The molecule has 0 heterocycles. The van der Waals surface area contributed by atoms with Gasteiger partial charge in [0, 0.05) is 30.5 Å². The van der Waals surface area contributed by atoms with Crippen molar-refractivity contribution in [3.05, 3.63) is 274 Å². The first-order valence-electron chi connectivity index (χ1n) is 26.1. The Morgan fingerprint density at radius 2 is 0.855 bits per heavy atom. The van der Waals surface area contributed by atoms with Crippen LogP contribution in [0.25, 0.3) is 11.1 Å². The minimum absolute atomic E-state index is 0.0460. The van der Waals surface area contributed by atoms with Crippen LogP contribution in [0.3, 0.4) is 0 Å². The number of esters is 1. The molecule has 7 nitrogen and oxygen atoms in total. The number of benzene rings is 8. The molecule has 8 aromatic rings. The molecular formula is C67H66N2O5S2. The molecule has 0 radical (unpaired) electrons. The van der Waals surface area contributed by atoms with Crippen molar-refractivity contribution in [1.29, 1.82) is 0 Å². The fourth-order valence-electron chi connectivity index (χ4n) is 10.5. The molecule has 1 N–H and O–H groups in total. The Balaban J connectivity index is 1.07. The Morgan fingerprint density at radius 3 is 1.24 bits per heavy atom. The highest BCUT2D eigenvalue weighted by Gasteiger charge is 2.40. The fourth-order valence-corrected chi connectivity index (χ4v) is 13.5. The van der Waals surface area contributed by atoms with Gasteiger partial charge in [0.2, 0.25) is 5.91 Å². The van der Waals surface area contributed by atoms with Gasteiger partial charge in [-0.15, -0.1) is 23.5 Å². The number of nitrogens with zero attached hydrogens (tertiary/aromatic N) is 1. The van der Waals surface area contributed by atoms with Crippen LogP contribution in [0.5, 0.6) is 0 Å². The van der Waals surface area contributed by atoms with Gasteiger partial charge in [0.25, 0.3) is 0 Å². The molecule has 0 saturated carbocycles. The van der Waals surface area contributed by atoms with Gasteiger partial charge in [-0.25, -0.2) is 4.79 Å². The number of fused-ring (bicyclic) bond motifs is 3. The summed E-state index contributed by atoms with van der Waals surface area (Å²) in [6.07, 6.45) is -1.18. The second-order valence-electron chi connectivity index (χ2n) is 20.4. The van der Waals surface area contributed by atoms with Crippen LogP contribution in [0.1, 0.15) is 88.7 Å². The Bertz CT molecular complexity index is 2940. The number of aryl methyl sites for hydroxylation is 2. The number of nitrogens with one attached hydrogen (secondary N) is 1. The highest BCUT2D eigenvalue weighted by molar-refractivity contribution is 8.00. The molecule has 0 saturated heterocycles. The monoisotopic (exact) mass is 1040 g/mol. The lowest BCUT2D eigenvalue weighted by Crippen LogP contribution is -2.51. The van der Waals surface area contributed by atoms with E-state index in [1.807, 2.05) is 53.4 Å². The van der Waals surface area contributed by atoms with Gasteiger partial charge in [0.05, 0.1) is 15.9 Å². The van der Waals surface area contributed by atoms with E-state index in [2.05, 4.69) is 189 Å². The van der Waals surface area contributed by atoms with Gasteiger partial charge >= 0.3 is 12.1 Å². The van der Waals surface area contributed by atoms with Gasteiger partial charge in [-0.1, -0.05) is 230 Å². The number of thioether (sulfide) groups is 2. The maximum absolute atomic E-state index is 15.7. The van der Waals surface area contributed by atoms with Crippen molar-refractivity contribution in [2.75, 3.05) is 31.2 Å². The van der Waals surface area contributed by atoms with Crippen LogP contribution < -0.4 is 5.32 Å². The molecule has 0 bridgehead atoms. The largest absolute Gasteiger partial charge is 0.460 e. The summed E-state index contributed by atoms with van der Waals surface area (Å²) in [6.45, 7) is 10.2. The predicted molar refractivity (Wildman–Crippen MR) is 312 cm³/mol. The molecule has 1 atom stereocenters. The molecule has 9 rings (SSSR count). The van der Waals surface area contributed by atoms with Gasteiger partial charge in [-0.2, -0.15) is 0 Å². The number of ether oxygens (including phenoxy) is 2. The van der Waals surface area contributed by atoms with Gasteiger partial charge in [-0.05, 0) is 90.3 Å². The number of carbonyl (C=O) groups excluding carboxylic acids is 3. The second-order valence-corrected chi connectivity index (χ2v) is 23.0. The van der Waals surface area contributed by atoms with E-state index in [0.29, 0.717) is 24.6 Å². The zero-order valence-electron chi connectivity index (χ0n) is 44.0. The molecule has 1 aliphatic carbocycles. The third-order valence-electron chi connectivity index (χ3n) is 14.0. The predicted octanol–water partition coefficient (Wildman–Crippen LogP) is 14.5. The van der Waals surface area contributed by atoms with Crippen LogP contribution in [0.15, 0.2) is 218 Å². The highest BCUT2D eigenvalue weighted by Crippen LogP contribution is 2.50. The molecule has 8 aromatic carbocycles. The number of hydrogen-bond acceptors (Lipinski definition) is 7. The summed E-state index contributed by atoms with van der Waals surface area (Å²) >= 11 is 3.53. The van der Waals surface area contributed by atoms with Crippen molar-refractivity contribution in [2.24, 2.45) is 0 Å². The van der Waals surface area contributed by atoms with Crippen molar-refractivity contribution in [3.8, 4) is 11.1 Å². The molecular weight excluding hydrogens is 977 g/mol. The van der Waals surface area contributed by atoms with E-state index in [-0.39, 0.29) is 18.9 Å². The first-order chi connectivity index (χ1) is 36.9. The Labute approximate surface area is 457 Å². The molecule has 0 aromatic heterocycles. The lowest BCUT2D eigenvalue weighted by Gasteiger charge is -2.37. The second kappa shape index (κ2) is 24.1. The Hall–Kier alpha value is -7.33. The summed E-state index contributed by atoms with van der Waals surface area (Å²) in [5.41, 5.74) is 12.5. The molecule has 76 heavy (non-hydrogen) atoms. The molecule has 9 heteroatoms. The number of hydrogen-bond donors (Lipinski definition) is 1. The topological polar surface area (TPSA) is 84.9 Å². The van der Waals surface area contributed by atoms with Crippen LogP contribution in [0.2, 0.25) is 0 Å². The molecule has 0 spiro atoms. The summed E-state index contributed by atoms with van der Waals surface area (Å²) < 4.78 is 10.6. The zero-order chi connectivity index (χ0) is 53.1. The summed E-state index contributed by atoms with van der Waals surface area (Å²) in [6, 6.07) is 74.6. The van der Waals surface area contributed by atoms with Gasteiger partial charge in [0.1, 0.15) is 18.2 Å². The lowest BCUT2D eigenvalue weighted by atomic mass is 9.84. The molecule has 1 aliphatic rings. The average molecular weight is 1040 g/mol. The zero-order valence-corrected chi connectivity index (χ0v) is 45.6. The van der Waals surface area contributed by atoms with Crippen molar-refractivity contribution >= 4 is 41.5 Å².